The summed E-state index contributed by atoms with van der Waals surface area (Å²) in [6.45, 7) is 6.10. The first-order valence-corrected chi connectivity index (χ1v) is 10.9. The second kappa shape index (κ2) is 8.78. The number of hydrogen-bond donors (Lipinski definition) is 1. The maximum Gasteiger partial charge on any atom is 0.300 e. The van der Waals surface area contributed by atoms with Crippen molar-refractivity contribution >= 4 is 23.1 Å². The first kappa shape index (κ1) is 23.2. The van der Waals surface area contributed by atoms with E-state index < -0.39 is 23.5 Å². The van der Waals surface area contributed by atoms with Crippen LogP contribution in [-0.4, -0.2) is 23.9 Å². The van der Waals surface area contributed by atoms with E-state index in [1.54, 1.807) is 42.5 Å². The van der Waals surface area contributed by atoms with E-state index in [0.29, 0.717) is 16.9 Å². The van der Waals surface area contributed by atoms with Crippen LogP contribution in [0.4, 0.5) is 10.1 Å². The lowest BCUT2D eigenvalue weighted by Gasteiger charge is -2.26. The Balaban J connectivity index is 1.99. The molecule has 5 nitrogen and oxygen atoms in total. The van der Waals surface area contributed by atoms with Crippen LogP contribution in [0.15, 0.2) is 78.4 Å². The molecule has 0 aromatic heterocycles. The van der Waals surface area contributed by atoms with Crippen molar-refractivity contribution in [3.63, 3.8) is 0 Å². The van der Waals surface area contributed by atoms with Crippen LogP contribution in [0.25, 0.3) is 5.76 Å². The van der Waals surface area contributed by atoms with Crippen LogP contribution in [0.1, 0.15) is 43.5 Å². The lowest BCUT2D eigenvalue weighted by atomic mass is 9.85. The summed E-state index contributed by atoms with van der Waals surface area (Å²) in [5.74, 6) is -2.19. The highest BCUT2D eigenvalue weighted by Gasteiger charge is 2.47. The number of Topliss-reactive ketones (excluding diaryl/α,β-unsaturated/α-hetero) is 1. The van der Waals surface area contributed by atoms with E-state index in [0.717, 1.165) is 5.56 Å². The monoisotopic (exact) mass is 459 g/mol. The van der Waals surface area contributed by atoms with Gasteiger partial charge in [0.2, 0.25) is 0 Å². The quantitative estimate of drug-likeness (QED) is 0.306. The maximum atomic E-state index is 14.0. The minimum absolute atomic E-state index is 0.0789. The number of anilines is 1. The molecule has 0 saturated carbocycles. The first-order chi connectivity index (χ1) is 16.1. The Bertz CT molecular complexity index is 1290. The number of ketones is 1. The largest absolute Gasteiger partial charge is 0.507 e. The van der Waals surface area contributed by atoms with Crippen LogP contribution < -0.4 is 9.64 Å². The van der Waals surface area contributed by atoms with Gasteiger partial charge in [0.25, 0.3) is 11.7 Å². The van der Waals surface area contributed by atoms with Crippen molar-refractivity contribution in [3.8, 4) is 5.75 Å². The second-order valence-corrected chi connectivity index (χ2v) is 9.22. The lowest BCUT2D eigenvalue weighted by molar-refractivity contribution is -0.132. The van der Waals surface area contributed by atoms with Crippen LogP contribution in [-0.2, 0) is 15.0 Å². The Hall–Kier alpha value is -3.93. The van der Waals surface area contributed by atoms with Crippen molar-refractivity contribution in [2.45, 2.75) is 32.2 Å². The van der Waals surface area contributed by atoms with Crippen LogP contribution in [0, 0.1) is 5.82 Å². The number of amides is 1. The number of benzene rings is 3. The number of ether oxygens (including phenoxy) is 1. The van der Waals surface area contributed by atoms with Gasteiger partial charge in [0.1, 0.15) is 17.3 Å². The van der Waals surface area contributed by atoms with Crippen molar-refractivity contribution in [2.75, 3.05) is 12.0 Å². The minimum Gasteiger partial charge on any atom is -0.507 e. The highest BCUT2D eigenvalue weighted by Crippen LogP contribution is 2.43. The molecule has 174 valence electrons. The van der Waals surface area contributed by atoms with E-state index in [1.165, 1.54) is 30.2 Å². The third-order valence-corrected chi connectivity index (χ3v) is 5.97. The molecule has 1 amide bonds. The predicted molar refractivity (Wildman–Crippen MR) is 129 cm³/mol. The molecular formula is C28H26FNO4. The van der Waals surface area contributed by atoms with E-state index in [4.69, 9.17) is 4.74 Å². The van der Waals surface area contributed by atoms with Crippen LogP contribution in [0.2, 0.25) is 0 Å². The minimum atomic E-state index is -0.939. The average molecular weight is 460 g/mol. The fourth-order valence-electron chi connectivity index (χ4n) is 4.18. The molecule has 1 heterocycles. The summed E-state index contributed by atoms with van der Waals surface area (Å²) >= 11 is 0. The molecule has 4 rings (SSSR count). The zero-order valence-corrected chi connectivity index (χ0v) is 19.5. The molecule has 0 radical (unpaired) electrons. The average Bonchev–Trinajstić information content (AvgIpc) is 3.08. The van der Waals surface area contributed by atoms with Crippen molar-refractivity contribution in [1.29, 1.82) is 0 Å². The molecule has 3 aromatic rings. The Labute approximate surface area is 198 Å². The number of aliphatic hydroxyl groups excluding tert-OH is 1. The third kappa shape index (κ3) is 4.07. The van der Waals surface area contributed by atoms with Gasteiger partial charge < -0.3 is 9.84 Å². The van der Waals surface area contributed by atoms with Gasteiger partial charge in [-0.25, -0.2) is 4.39 Å². The molecule has 1 fully saturated rings. The van der Waals surface area contributed by atoms with Crippen LogP contribution in [0.3, 0.4) is 0 Å². The van der Waals surface area contributed by atoms with E-state index in [1.807, 2.05) is 32.9 Å². The summed E-state index contributed by atoms with van der Waals surface area (Å²) in [7, 11) is 1.48. The van der Waals surface area contributed by atoms with Crippen molar-refractivity contribution in [3.05, 3.63) is 101 Å². The summed E-state index contributed by atoms with van der Waals surface area (Å²) in [6.07, 6.45) is 0. The number of rotatable bonds is 4. The molecule has 1 N–H and O–H groups in total. The third-order valence-electron chi connectivity index (χ3n) is 5.97. The smallest absolute Gasteiger partial charge is 0.300 e. The standard InChI is InChI=1S/C28H26FNO4/c1-28(2,3)18-13-14-22(34-4)21(15-18)25(31)23-24(17-9-6-5-7-10-17)30(27(33)26(23)32)20-12-8-11-19(29)16-20/h5-16,24,31H,1-4H3/b25-23+. The van der Waals surface area contributed by atoms with Crippen LogP contribution >= 0.6 is 0 Å². The van der Waals surface area contributed by atoms with Crippen molar-refractivity contribution in [1.82, 2.24) is 0 Å². The van der Waals surface area contributed by atoms with E-state index in [9.17, 15) is 19.1 Å². The Kier molecular flexibility index (Phi) is 6.00. The van der Waals surface area contributed by atoms with Gasteiger partial charge in [0.15, 0.2) is 0 Å². The first-order valence-electron chi connectivity index (χ1n) is 10.9. The fourth-order valence-corrected chi connectivity index (χ4v) is 4.18. The van der Waals surface area contributed by atoms with Crippen LogP contribution in [0.5, 0.6) is 5.75 Å². The van der Waals surface area contributed by atoms with Crippen molar-refractivity contribution < 1.29 is 23.8 Å². The molecule has 3 aromatic carbocycles. The Morgan fingerprint density at radius 3 is 2.29 bits per heavy atom. The number of aliphatic hydroxyl groups is 1. The SMILES string of the molecule is COc1ccc(C(C)(C)C)cc1/C(O)=C1\C(=O)C(=O)N(c2cccc(F)c2)C1c1ccccc1. The van der Waals surface area contributed by atoms with Crippen molar-refractivity contribution in [2.24, 2.45) is 0 Å². The van der Waals surface area contributed by atoms with Gasteiger partial charge in [0, 0.05) is 5.69 Å². The Morgan fingerprint density at radius 1 is 0.971 bits per heavy atom. The number of hydrogen-bond acceptors (Lipinski definition) is 4. The van der Waals surface area contributed by atoms with Gasteiger partial charge in [-0.15, -0.1) is 0 Å². The molecule has 6 heteroatoms. The van der Waals surface area contributed by atoms with Gasteiger partial charge in [-0.05, 0) is 46.9 Å². The molecule has 1 saturated heterocycles. The van der Waals surface area contributed by atoms with Gasteiger partial charge >= 0.3 is 0 Å². The Morgan fingerprint density at radius 2 is 1.68 bits per heavy atom. The summed E-state index contributed by atoms with van der Waals surface area (Å²) in [6, 6.07) is 18.9. The number of methoxy groups -OCH3 is 1. The predicted octanol–water partition coefficient (Wildman–Crippen LogP) is 5.76. The number of carbonyl (C=O) groups is 2. The van der Waals surface area contributed by atoms with E-state index in [-0.39, 0.29) is 22.4 Å². The number of carbonyl (C=O) groups excluding carboxylic acids is 2. The summed E-state index contributed by atoms with van der Waals surface area (Å²) in [5.41, 5.74) is 1.76. The van der Waals surface area contributed by atoms with Gasteiger partial charge in [-0.1, -0.05) is 63.2 Å². The zero-order valence-electron chi connectivity index (χ0n) is 19.5. The highest BCUT2D eigenvalue weighted by atomic mass is 19.1. The molecular weight excluding hydrogens is 433 g/mol. The molecule has 0 bridgehead atoms. The normalized spacial score (nSPS) is 17.8. The molecule has 1 aliphatic rings. The summed E-state index contributed by atoms with van der Waals surface area (Å²) in [5, 5.41) is 11.5. The molecule has 1 aliphatic heterocycles. The highest BCUT2D eigenvalue weighted by molar-refractivity contribution is 6.51. The fraction of sp³-hybridized carbons (Fsp3) is 0.214. The second-order valence-electron chi connectivity index (χ2n) is 9.22. The zero-order chi connectivity index (χ0) is 24.6. The number of nitrogens with zero attached hydrogens (tertiary/aromatic N) is 1. The topological polar surface area (TPSA) is 66.8 Å². The summed E-state index contributed by atoms with van der Waals surface area (Å²) in [4.78, 5) is 27.7. The lowest BCUT2D eigenvalue weighted by Crippen LogP contribution is -2.29. The molecule has 1 unspecified atom stereocenters. The molecule has 1 atom stereocenters. The molecule has 0 spiro atoms. The summed E-state index contributed by atoms with van der Waals surface area (Å²) < 4.78 is 19.5. The van der Waals surface area contributed by atoms with E-state index in [2.05, 4.69) is 0 Å². The number of halogens is 1. The van der Waals surface area contributed by atoms with E-state index >= 15 is 0 Å². The molecule has 0 aliphatic carbocycles. The van der Waals surface area contributed by atoms with Gasteiger partial charge in [-0.3, -0.25) is 14.5 Å². The molecule has 34 heavy (non-hydrogen) atoms. The van der Waals surface area contributed by atoms with Gasteiger partial charge in [-0.2, -0.15) is 0 Å². The van der Waals surface area contributed by atoms with Gasteiger partial charge in [0.05, 0.1) is 24.3 Å². The maximum absolute atomic E-state index is 14.0.